The van der Waals surface area contributed by atoms with Crippen LogP contribution in [0.3, 0.4) is 0 Å². The maximum absolute atomic E-state index is 12.8. The molecule has 1 aromatic rings. The zero-order valence-corrected chi connectivity index (χ0v) is 13.0. The van der Waals surface area contributed by atoms with Crippen LogP contribution in [-0.4, -0.2) is 47.0 Å². The van der Waals surface area contributed by atoms with Gasteiger partial charge in [-0.1, -0.05) is 36.4 Å². The van der Waals surface area contributed by atoms with Gasteiger partial charge >= 0.3 is 6.03 Å². The van der Waals surface area contributed by atoms with Gasteiger partial charge in [0.15, 0.2) is 6.23 Å². The Balaban J connectivity index is 1.88. The Kier molecular flexibility index (Phi) is 4.22. The van der Waals surface area contributed by atoms with Crippen LogP contribution in [0.15, 0.2) is 43.0 Å². The minimum absolute atomic E-state index is 0.0530. The second-order valence-corrected chi connectivity index (χ2v) is 6.25. The molecule has 4 nitrogen and oxygen atoms in total. The number of carbonyl (C=O) groups is 1. The fourth-order valence-corrected chi connectivity index (χ4v) is 4.48. The van der Waals surface area contributed by atoms with Gasteiger partial charge in [0.05, 0.1) is 6.04 Å². The predicted molar refractivity (Wildman–Crippen MR) is 85.0 cm³/mol. The van der Waals surface area contributed by atoms with Crippen molar-refractivity contribution in [2.24, 2.45) is 0 Å². The number of carbonyl (C=O) groups excluding carboxylic acids is 1. The Hall–Kier alpha value is -1.46. The molecule has 112 valence electrons. The highest BCUT2D eigenvalue weighted by Crippen LogP contribution is 2.46. The molecule has 1 aromatic carbocycles. The number of fused-ring (bicyclic) bond motifs is 1. The molecule has 2 saturated heterocycles. The van der Waals surface area contributed by atoms with Crippen molar-refractivity contribution in [2.45, 2.75) is 24.6 Å². The molecular weight excluding hydrogens is 284 g/mol. The van der Waals surface area contributed by atoms with Crippen molar-refractivity contribution in [1.29, 1.82) is 0 Å². The lowest BCUT2D eigenvalue weighted by Gasteiger charge is -2.24. The number of hydrogen-bond acceptors (Lipinski definition) is 3. The molecule has 0 N–H and O–H groups in total. The molecule has 2 unspecified atom stereocenters. The Labute approximate surface area is 129 Å². The van der Waals surface area contributed by atoms with Gasteiger partial charge in [-0.15, -0.1) is 18.3 Å². The Bertz CT molecular complexity index is 522. The van der Waals surface area contributed by atoms with E-state index in [1.54, 1.807) is 11.0 Å². The summed E-state index contributed by atoms with van der Waals surface area (Å²) in [5, 5.41) is 0.0847. The Morgan fingerprint density at radius 3 is 2.86 bits per heavy atom. The fourth-order valence-electron chi connectivity index (χ4n) is 3.02. The standard InChI is InChI=1S/C16H20N2O2S/c1-3-10-17-14(20-4-2)13-11-21-15(18(13)16(17)19)12-8-6-5-7-9-12/h3,5-9,13-15H,1,4,10-11H2,2H3/t13-,14?,15?/m0/s1. The first-order chi connectivity index (χ1) is 10.3. The summed E-state index contributed by atoms with van der Waals surface area (Å²) in [6.45, 7) is 6.86. The van der Waals surface area contributed by atoms with E-state index in [2.05, 4.69) is 18.7 Å². The van der Waals surface area contributed by atoms with Crippen molar-refractivity contribution in [3.63, 3.8) is 0 Å². The Morgan fingerprint density at radius 2 is 2.19 bits per heavy atom. The van der Waals surface area contributed by atoms with E-state index in [4.69, 9.17) is 4.74 Å². The molecule has 2 fully saturated rings. The van der Waals surface area contributed by atoms with Crippen LogP contribution in [0.5, 0.6) is 0 Å². The molecule has 5 heteroatoms. The van der Waals surface area contributed by atoms with E-state index < -0.39 is 0 Å². The lowest BCUT2D eigenvalue weighted by atomic mass is 10.2. The highest BCUT2D eigenvalue weighted by molar-refractivity contribution is 7.99. The van der Waals surface area contributed by atoms with E-state index in [-0.39, 0.29) is 23.7 Å². The van der Waals surface area contributed by atoms with Crippen molar-refractivity contribution < 1.29 is 9.53 Å². The largest absolute Gasteiger partial charge is 0.356 e. The van der Waals surface area contributed by atoms with Crippen LogP contribution in [0.1, 0.15) is 17.9 Å². The summed E-state index contributed by atoms with van der Waals surface area (Å²) < 4.78 is 5.84. The molecule has 0 aromatic heterocycles. The van der Waals surface area contributed by atoms with Gasteiger partial charge in [0.1, 0.15) is 5.37 Å². The normalized spacial score (nSPS) is 28.0. The van der Waals surface area contributed by atoms with E-state index >= 15 is 0 Å². The average molecular weight is 304 g/mol. The van der Waals surface area contributed by atoms with E-state index in [9.17, 15) is 4.79 Å². The van der Waals surface area contributed by atoms with Gasteiger partial charge in [0.2, 0.25) is 0 Å². The molecule has 2 heterocycles. The highest BCUT2D eigenvalue weighted by atomic mass is 32.2. The first-order valence-electron chi connectivity index (χ1n) is 7.26. The average Bonchev–Trinajstić information content (AvgIpc) is 3.04. The number of urea groups is 1. The third kappa shape index (κ3) is 2.45. The predicted octanol–water partition coefficient (Wildman–Crippen LogP) is 3.09. The number of benzene rings is 1. The van der Waals surface area contributed by atoms with Gasteiger partial charge in [-0.25, -0.2) is 4.79 Å². The third-order valence-electron chi connectivity index (χ3n) is 3.89. The number of ether oxygens (including phenoxy) is 1. The van der Waals surface area contributed by atoms with E-state index in [1.165, 1.54) is 5.56 Å². The summed E-state index contributed by atoms with van der Waals surface area (Å²) in [7, 11) is 0. The van der Waals surface area contributed by atoms with Crippen molar-refractivity contribution in [3.8, 4) is 0 Å². The van der Waals surface area contributed by atoms with Gasteiger partial charge in [-0.05, 0) is 12.5 Å². The summed E-state index contributed by atoms with van der Waals surface area (Å²) in [4.78, 5) is 16.5. The summed E-state index contributed by atoms with van der Waals surface area (Å²) in [6.07, 6.45) is 1.60. The first-order valence-corrected chi connectivity index (χ1v) is 8.30. The molecule has 21 heavy (non-hydrogen) atoms. The summed E-state index contributed by atoms with van der Waals surface area (Å²) in [5.74, 6) is 0.906. The number of hydrogen-bond donors (Lipinski definition) is 0. The summed E-state index contributed by atoms with van der Waals surface area (Å²) >= 11 is 1.81. The lowest BCUT2D eigenvalue weighted by molar-refractivity contribution is -0.0243. The van der Waals surface area contributed by atoms with Crippen molar-refractivity contribution in [2.75, 3.05) is 18.9 Å². The molecule has 3 atom stereocenters. The van der Waals surface area contributed by atoms with Gasteiger partial charge in [0.25, 0.3) is 0 Å². The minimum atomic E-state index is -0.165. The third-order valence-corrected chi connectivity index (χ3v) is 5.23. The van der Waals surface area contributed by atoms with Crippen LogP contribution >= 0.6 is 11.8 Å². The van der Waals surface area contributed by atoms with Gasteiger partial charge in [-0.3, -0.25) is 4.90 Å². The molecule has 2 amide bonds. The second kappa shape index (κ2) is 6.12. The summed E-state index contributed by atoms with van der Waals surface area (Å²) in [6, 6.07) is 10.4. The van der Waals surface area contributed by atoms with Gasteiger partial charge in [0, 0.05) is 18.9 Å². The number of amides is 2. The van der Waals surface area contributed by atoms with Crippen LogP contribution in [0.4, 0.5) is 4.79 Å². The SMILES string of the molecule is C=CCN1C(=O)N2C(c3ccccc3)SC[C@H]2C1OCC. The number of nitrogens with zero attached hydrogens (tertiary/aromatic N) is 2. The van der Waals surface area contributed by atoms with Crippen LogP contribution in [-0.2, 0) is 4.74 Å². The molecule has 0 radical (unpaired) electrons. The van der Waals surface area contributed by atoms with Crippen LogP contribution in [0, 0.1) is 0 Å². The molecular formula is C16H20N2O2S. The molecule has 2 aliphatic rings. The molecule has 0 aliphatic carbocycles. The molecule has 0 saturated carbocycles. The molecule has 0 spiro atoms. The van der Waals surface area contributed by atoms with Crippen molar-refractivity contribution in [1.82, 2.24) is 9.80 Å². The smallest absolute Gasteiger partial charge is 0.324 e. The maximum atomic E-state index is 12.8. The quantitative estimate of drug-likeness (QED) is 0.784. The highest BCUT2D eigenvalue weighted by Gasteiger charge is 2.52. The molecule has 2 aliphatic heterocycles. The molecule has 3 rings (SSSR count). The Morgan fingerprint density at radius 1 is 1.43 bits per heavy atom. The number of rotatable bonds is 5. The topological polar surface area (TPSA) is 32.8 Å². The van der Waals surface area contributed by atoms with Crippen LogP contribution in [0.25, 0.3) is 0 Å². The van der Waals surface area contributed by atoms with E-state index in [0.717, 1.165) is 5.75 Å². The van der Waals surface area contributed by atoms with E-state index in [0.29, 0.717) is 13.2 Å². The van der Waals surface area contributed by atoms with Crippen molar-refractivity contribution in [3.05, 3.63) is 48.6 Å². The van der Waals surface area contributed by atoms with Crippen LogP contribution in [0.2, 0.25) is 0 Å². The maximum Gasteiger partial charge on any atom is 0.324 e. The zero-order chi connectivity index (χ0) is 14.8. The minimum Gasteiger partial charge on any atom is -0.356 e. The second-order valence-electron chi connectivity index (χ2n) is 5.14. The number of thioether (sulfide) groups is 1. The summed E-state index contributed by atoms with van der Waals surface area (Å²) in [5.41, 5.74) is 1.18. The fraction of sp³-hybridized carbons (Fsp3) is 0.438. The van der Waals surface area contributed by atoms with Crippen molar-refractivity contribution >= 4 is 17.8 Å². The van der Waals surface area contributed by atoms with E-state index in [1.807, 2.05) is 41.8 Å². The molecule has 0 bridgehead atoms. The van der Waals surface area contributed by atoms with Gasteiger partial charge in [-0.2, -0.15) is 0 Å². The zero-order valence-electron chi connectivity index (χ0n) is 12.1. The van der Waals surface area contributed by atoms with Gasteiger partial charge < -0.3 is 9.64 Å². The first kappa shape index (κ1) is 14.5. The lowest BCUT2D eigenvalue weighted by Crippen LogP contribution is -2.39. The monoisotopic (exact) mass is 304 g/mol. The van der Waals surface area contributed by atoms with Crippen LogP contribution < -0.4 is 0 Å².